The number of carboxylic acids is 1. The van der Waals surface area contributed by atoms with Crippen LogP contribution in [0.15, 0.2) is 10.6 Å². The second kappa shape index (κ2) is 5.09. The van der Waals surface area contributed by atoms with Gasteiger partial charge in [-0.3, -0.25) is 0 Å². The minimum atomic E-state index is -1.10. The first-order valence-electron chi connectivity index (χ1n) is 5.10. The number of aromatic nitrogens is 1. The first-order chi connectivity index (χ1) is 7.75. The summed E-state index contributed by atoms with van der Waals surface area (Å²) in [6.07, 6.45) is 1.01. The number of nitrogens with zero attached hydrogens (tertiary/aromatic N) is 1. The van der Waals surface area contributed by atoms with Crippen LogP contribution in [0.3, 0.4) is 0 Å². The molecule has 0 radical (unpaired) electrons. The third-order valence-electron chi connectivity index (χ3n) is 2.40. The third-order valence-corrected chi connectivity index (χ3v) is 2.40. The fourth-order valence-corrected chi connectivity index (χ4v) is 1.52. The number of rotatable bonds is 5. The Kier molecular flexibility index (Phi) is 3.53. The predicted molar refractivity (Wildman–Crippen MR) is 52.0 cm³/mol. The van der Waals surface area contributed by atoms with Crippen LogP contribution < -0.4 is 0 Å². The van der Waals surface area contributed by atoms with Gasteiger partial charge < -0.3 is 19.1 Å². The molecule has 0 bridgehead atoms. The minimum absolute atomic E-state index is 0.0946. The number of hydrogen-bond acceptors (Lipinski definition) is 5. The van der Waals surface area contributed by atoms with Crippen LogP contribution in [-0.4, -0.2) is 36.1 Å². The van der Waals surface area contributed by atoms with Gasteiger partial charge in [-0.15, -0.1) is 0 Å². The Hall–Kier alpha value is -1.40. The fraction of sp³-hybridized carbons (Fsp3) is 0.600. The van der Waals surface area contributed by atoms with Crippen molar-refractivity contribution < 1.29 is 23.9 Å². The maximum absolute atomic E-state index is 10.5. The third kappa shape index (κ3) is 2.80. The zero-order chi connectivity index (χ0) is 11.4. The van der Waals surface area contributed by atoms with Crippen molar-refractivity contribution in [3.8, 4) is 0 Å². The molecule has 0 spiro atoms. The van der Waals surface area contributed by atoms with Crippen molar-refractivity contribution in [1.29, 1.82) is 0 Å². The van der Waals surface area contributed by atoms with Crippen LogP contribution in [0.25, 0.3) is 0 Å². The molecule has 1 aliphatic heterocycles. The Balaban J connectivity index is 1.74. The number of carbonyl (C=O) groups is 1. The molecule has 0 amide bonds. The van der Waals surface area contributed by atoms with Crippen LogP contribution in [0.5, 0.6) is 0 Å². The lowest BCUT2D eigenvalue weighted by molar-refractivity contribution is 0.0649. The van der Waals surface area contributed by atoms with Gasteiger partial charge in [-0.05, 0) is 6.42 Å². The van der Waals surface area contributed by atoms with E-state index >= 15 is 0 Å². The molecule has 6 heteroatoms. The summed E-state index contributed by atoms with van der Waals surface area (Å²) in [5.41, 5.74) is -0.0946. The predicted octanol–water partition coefficient (Wildman–Crippen LogP) is 0.926. The van der Waals surface area contributed by atoms with E-state index in [1.807, 2.05) is 0 Å². The van der Waals surface area contributed by atoms with Crippen LogP contribution in [0, 0.1) is 5.92 Å². The van der Waals surface area contributed by atoms with E-state index < -0.39 is 5.97 Å². The molecule has 1 fully saturated rings. The SMILES string of the molecule is O=C(O)c1cc(COCC2CCOC2)on1. The molecule has 6 nitrogen and oxygen atoms in total. The van der Waals surface area contributed by atoms with Crippen LogP contribution in [-0.2, 0) is 16.1 Å². The Morgan fingerprint density at radius 3 is 3.19 bits per heavy atom. The van der Waals surface area contributed by atoms with Gasteiger partial charge in [0, 0.05) is 18.6 Å². The van der Waals surface area contributed by atoms with Gasteiger partial charge in [-0.1, -0.05) is 5.16 Å². The summed E-state index contributed by atoms with van der Waals surface area (Å²) in [5.74, 6) is -0.239. The molecule has 1 saturated heterocycles. The molecule has 1 unspecified atom stereocenters. The molecule has 1 aromatic heterocycles. The van der Waals surface area contributed by atoms with Crippen LogP contribution in [0.4, 0.5) is 0 Å². The van der Waals surface area contributed by atoms with Crippen molar-refractivity contribution in [3.05, 3.63) is 17.5 Å². The minimum Gasteiger partial charge on any atom is -0.476 e. The lowest BCUT2D eigenvalue weighted by Gasteiger charge is -2.06. The van der Waals surface area contributed by atoms with Crippen LogP contribution in [0.2, 0.25) is 0 Å². The summed E-state index contributed by atoms with van der Waals surface area (Å²) in [4.78, 5) is 10.5. The van der Waals surface area contributed by atoms with Crippen LogP contribution in [0.1, 0.15) is 22.7 Å². The van der Waals surface area contributed by atoms with Gasteiger partial charge in [0.1, 0.15) is 6.61 Å². The van der Waals surface area contributed by atoms with Crippen molar-refractivity contribution in [1.82, 2.24) is 5.16 Å². The standard InChI is InChI=1S/C10H13NO5/c12-10(13)9-3-8(16-11-9)6-15-5-7-1-2-14-4-7/h3,7H,1-2,4-6H2,(H,12,13). The van der Waals surface area contributed by atoms with E-state index in [4.69, 9.17) is 19.1 Å². The second-order valence-corrected chi connectivity index (χ2v) is 3.73. The van der Waals surface area contributed by atoms with Gasteiger partial charge in [0.15, 0.2) is 11.5 Å². The largest absolute Gasteiger partial charge is 0.476 e. The summed E-state index contributed by atoms with van der Waals surface area (Å²) >= 11 is 0. The normalized spacial score (nSPS) is 20.1. The first kappa shape index (κ1) is 11.1. The number of hydrogen-bond donors (Lipinski definition) is 1. The molecule has 0 aliphatic carbocycles. The smallest absolute Gasteiger partial charge is 0.358 e. The molecule has 16 heavy (non-hydrogen) atoms. The van der Waals surface area contributed by atoms with Gasteiger partial charge in [-0.2, -0.15) is 0 Å². The zero-order valence-corrected chi connectivity index (χ0v) is 8.72. The molecule has 1 aliphatic rings. The average Bonchev–Trinajstić information content (AvgIpc) is 2.87. The highest BCUT2D eigenvalue weighted by atomic mass is 16.5. The molecule has 88 valence electrons. The van der Waals surface area contributed by atoms with Gasteiger partial charge >= 0.3 is 5.97 Å². The van der Waals surface area contributed by atoms with Gasteiger partial charge in [-0.25, -0.2) is 4.79 Å². The Labute approximate surface area is 92.1 Å². The summed E-state index contributed by atoms with van der Waals surface area (Å²) < 4.78 is 15.4. The maximum atomic E-state index is 10.5. The van der Waals surface area contributed by atoms with Crippen molar-refractivity contribution in [2.45, 2.75) is 13.0 Å². The molecular formula is C10H13NO5. The van der Waals surface area contributed by atoms with E-state index in [0.717, 1.165) is 19.6 Å². The number of aromatic carboxylic acids is 1. The average molecular weight is 227 g/mol. The molecular weight excluding hydrogens is 214 g/mol. The summed E-state index contributed by atoms with van der Waals surface area (Å²) in [5, 5.41) is 12.0. The highest BCUT2D eigenvalue weighted by molar-refractivity contribution is 5.85. The van der Waals surface area contributed by atoms with Crippen molar-refractivity contribution in [2.75, 3.05) is 19.8 Å². The number of ether oxygens (including phenoxy) is 2. The molecule has 0 saturated carbocycles. The lowest BCUT2D eigenvalue weighted by Crippen LogP contribution is -2.08. The Bertz CT molecular complexity index is 356. The molecule has 2 heterocycles. The van der Waals surface area contributed by atoms with E-state index in [0.29, 0.717) is 18.3 Å². The Morgan fingerprint density at radius 1 is 1.69 bits per heavy atom. The first-order valence-corrected chi connectivity index (χ1v) is 5.10. The van der Waals surface area contributed by atoms with Gasteiger partial charge in [0.05, 0.1) is 13.2 Å². The lowest BCUT2D eigenvalue weighted by atomic mass is 10.1. The highest BCUT2D eigenvalue weighted by Crippen LogP contribution is 2.13. The summed E-state index contributed by atoms with van der Waals surface area (Å²) in [6.45, 7) is 2.37. The quantitative estimate of drug-likeness (QED) is 0.805. The van der Waals surface area contributed by atoms with Crippen molar-refractivity contribution in [3.63, 3.8) is 0 Å². The van der Waals surface area contributed by atoms with E-state index in [9.17, 15) is 4.79 Å². The van der Waals surface area contributed by atoms with E-state index in [1.165, 1.54) is 6.07 Å². The van der Waals surface area contributed by atoms with Crippen LogP contribution >= 0.6 is 0 Å². The highest BCUT2D eigenvalue weighted by Gasteiger charge is 2.16. The van der Waals surface area contributed by atoms with Crippen molar-refractivity contribution >= 4 is 5.97 Å². The van der Waals surface area contributed by atoms with Gasteiger partial charge in [0.2, 0.25) is 0 Å². The van der Waals surface area contributed by atoms with E-state index in [1.54, 1.807) is 0 Å². The van der Waals surface area contributed by atoms with E-state index in [2.05, 4.69) is 5.16 Å². The molecule has 2 rings (SSSR count). The number of carboxylic acid groups (broad SMARTS) is 1. The monoisotopic (exact) mass is 227 g/mol. The topological polar surface area (TPSA) is 81.8 Å². The summed E-state index contributed by atoms with van der Waals surface area (Å²) in [7, 11) is 0. The summed E-state index contributed by atoms with van der Waals surface area (Å²) in [6, 6.07) is 1.37. The van der Waals surface area contributed by atoms with Gasteiger partial charge in [0.25, 0.3) is 0 Å². The maximum Gasteiger partial charge on any atom is 0.358 e. The molecule has 1 atom stereocenters. The molecule has 0 aromatic carbocycles. The molecule has 1 aromatic rings. The zero-order valence-electron chi connectivity index (χ0n) is 8.72. The fourth-order valence-electron chi connectivity index (χ4n) is 1.52. The second-order valence-electron chi connectivity index (χ2n) is 3.73. The molecule has 1 N–H and O–H groups in total. The van der Waals surface area contributed by atoms with Crippen molar-refractivity contribution in [2.24, 2.45) is 5.92 Å². The Morgan fingerprint density at radius 2 is 2.56 bits per heavy atom. The van der Waals surface area contributed by atoms with E-state index in [-0.39, 0.29) is 12.3 Å².